The third-order valence-corrected chi connectivity index (χ3v) is 3.06. The maximum Gasteiger partial charge on any atom is 0.387 e. The summed E-state index contributed by atoms with van der Waals surface area (Å²) in [6, 6.07) is 7.22. The summed E-state index contributed by atoms with van der Waals surface area (Å²) < 4.78 is 60.8. The van der Waals surface area contributed by atoms with Crippen LogP contribution in [0.5, 0.6) is 11.5 Å². The Morgan fingerprint density at radius 3 is 2.40 bits per heavy atom. The highest BCUT2D eigenvalue weighted by Gasteiger charge is 2.13. The molecule has 0 bridgehead atoms. The van der Waals surface area contributed by atoms with Gasteiger partial charge in [0.05, 0.1) is 13.7 Å². The van der Waals surface area contributed by atoms with E-state index in [0.717, 1.165) is 12.1 Å². The topological polar surface area (TPSA) is 59.6 Å². The highest BCUT2D eigenvalue weighted by molar-refractivity contribution is 5.94. The third kappa shape index (κ3) is 5.00. The molecule has 0 fully saturated rings. The SMILES string of the molecule is COc1ccc(NCC(=O)Nc2c(F)cccc2F)cc1OC(F)F. The molecule has 0 aliphatic heterocycles. The van der Waals surface area contributed by atoms with Gasteiger partial charge in [-0.1, -0.05) is 6.07 Å². The number of anilines is 2. The fraction of sp³-hybridized carbons (Fsp3) is 0.188. The van der Waals surface area contributed by atoms with E-state index in [4.69, 9.17) is 4.74 Å². The number of halogens is 4. The Labute approximate surface area is 140 Å². The molecular formula is C16H14F4N2O3. The molecule has 2 aromatic carbocycles. The number of hydrogen-bond donors (Lipinski definition) is 2. The molecule has 0 saturated carbocycles. The number of benzene rings is 2. The Hall–Kier alpha value is -2.97. The number of nitrogens with one attached hydrogen (secondary N) is 2. The lowest BCUT2D eigenvalue weighted by Gasteiger charge is -2.13. The highest BCUT2D eigenvalue weighted by Crippen LogP contribution is 2.31. The lowest BCUT2D eigenvalue weighted by Crippen LogP contribution is -2.23. The molecule has 25 heavy (non-hydrogen) atoms. The van der Waals surface area contributed by atoms with Crippen LogP contribution >= 0.6 is 0 Å². The molecule has 5 nitrogen and oxygen atoms in total. The second-order valence-electron chi connectivity index (χ2n) is 4.74. The van der Waals surface area contributed by atoms with Gasteiger partial charge in [-0.2, -0.15) is 8.78 Å². The second-order valence-corrected chi connectivity index (χ2v) is 4.74. The highest BCUT2D eigenvalue weighted by atomic mass is 19.3. The van der Waals surface area contributed by atoms with E-state index in [9.17, 15) is 22.4 Å². The van der Waals surface area contributed by atoms with Gasteiger partial charge in [-0.25, -0.2) is 8.78 Å². The van der Waals surface area contributed by atoms with Crippen molar-refractivity contribution in [3.63, 3.8) is 0 Å². The quantitative estimate of drug-likeness (QED) is 0.742. The number of amides is 1. The van der Waals surface area contributed by atoms with Gasteiger partial charge in [-0.15, -0.1) is 0 Å². The lowest BCUT2D eigenvalue weighted by atomic mass is 10.2. The first-order valence-corrected chi connectivity index (χ1v) is 7.01. The van der Waals surface area contributed by atoms with E-state index in [1.807, 2.05) is 0 Å². The molecule has 0 heterocycles. The van der Waals surface area contributed by atoms with E-state index in [1.54, 1.807) is 0 Å². The van der Waals surface area contributed by atoms with Crippen LogP contribution in [0.1, 0.15) is 0 Å². The Morgan fingerprint density at radius 2 is 1.80 bits per heavy atom. The number of carbonyl (C=O) groups is 1. The Bertz CT molecular complexity index is 736. The van der Waals surface area contributed by atoms with Crippen molar-refractivity contribution in [3.8, 4) is 11.5 Å². The number of carbonyl (C=O) groups excluding carboxylic acids is 1. The fourth-order valence-corrected chi connectivity index (χ4v) is 1.96. The fourth-order valence-electron chi connectivity index (χ4n) is 1.96. The predicted octanol–water partition coefficient (Wildman–Crippen LogP) is 3.63. The summed E-state index contributed by atoms with van der Waals surface area (Å²) in [5, 5.41) is 4.72. The van der Waals surface area contributed by atoms with Gasteiger partial charge in [0.2, 0.25) is 5.91 Å². The Balaban J connectivity index is 2.02. The van der Waals surface area contributed by atoms with Crippen molar-refractivity contribution in [2.24, 2.45) is 0 Å². The molecule has 134 valence electrons. The number of para-hydroxylation sites is 1. The van der Waals surface area contributed by atoms with Gasteiger partial charge in [0.1, 0.15) is 17.3 Å². The van der Waals surface area contributed by atoms with Gasteiger partial charge in [0.15, 0.2) is 11.5 Å². The first-order chi connectivity index (χ1) is 11.9. The van der Waals surface area contributed by atoms with Crippen LogP contribution in [0.3, 0.4) is 0 Å². The zero-order valence-corrected chi connectivity index (χ0v) is 13.0. The van der Waals surface area contributed by atoms with E-state index >= 15 is 0 Å². The van der Waals surface area contributed by atoms with E-state index in [2.05, 4.69) is 15.4 Å². The summed E-state index contributed by atoms with van der Waals surface area (Å²) in [5.41, 5.74) is -0.286. The van der Waals surface area contributed by atoms with Crippen LogP contribution in [0.15, 0.2) is 36.4 Å². The molecule has 0 saturated heterocycles. The molecule has 2 N–H and O–H groups in total. The van der Waals surface area contributed by atoms with Crippen LogP contribution in [0.2, 0.25) is 0 Å². The largest absolute Gasteiger partial charge is 0.493 e. The van der Waals surface area contributed by atoms with E-state index in [0.29, 0.717) is 0 Å². The van der Waals surface area contributed by atoms with Gasteiger partial charge >= 0.3 is 6.61 Å². The van der Waals surface area contributed by atoms with Gasteiger partial charge in [-0.3, -0.25) is 4.79 Å². The number of rotatable bonds is 7. The van der Waals surface area contributed by atoms with E-state index < -0.39 is 29.8 Å². The zero-order chi connectivity index (χ0) is 18.4. The average Bonchev–Trinajstić information content (AvgIpc) is 2.56. The monoisotopic (exact) mass is 358 g/mol. The van der Waals surface area contributed by atoms with Crippen molar-refractivity contribution < 1.29 is 31.8 Å². The molecule has 2 aromatic rings. The third-order valence-electron chi connectivity index (χ3n) is 3.06. The van der Waals surface area contributed by atoms with E-state index in [-0.39, 0.29) is 23.7 Å². The zero-order valence-electron chi connectivity index (χ0n) is 13.0. The summed E-state index contributed by atoms with van der Waals surface area (Å²) in [4.78, 5) is 11.8. The summed E-state index contributed by atoms with van der Waals surface area (Å²) in [7, 11) is 1.29. The minimum atomic E-state index is -3.04. The minimum Gasteiger partial charge on any atom is -0.493 e. The van der Waals surface area contributed by atoms with Gasteiger partial charge < -0.3 is 20.1 Å². The normalized spacial score (nSPS) is 10.5. The summed E-state index contributed by atoms with van der Waals surface area (Å²) >= 11 is 0. The van der Waals surface area contributed by atoms with Crippen molar-refractivity contribution in [2.75, 3.05) is 24.3 Å². The first-order valence-electron chi connectivity index (χ1n) is 7.01. The van der Waals surface area contributed by atoms with Crippen LogP contribution in [0.4, 0.5) is 28.9 Å². The molecule has 0 aliphatic rings. The van der Waals surface area contributed by atoms with Crippen LogP contribution in [0.25, 0.3) is 0 Å². The summed E-state index contributed by atoms with van der Waals surface area (Å²) in [6.45, 7) is -3.40. The lowest BCUT2D eigenvalue weighted by molar-refractivity contribution is -0.114. The average molecular weight is 358 g/mol. The Morgan fingerprint density at radius 1 is 1.12 bits per heavy atom. The molecule has 2 rings (SSSR count). The second kappa shape index (κ2) is 8.22. The molecule has 1 amide bonds. The summed E-state index contributed by atoms with van der Waals surface area (Å²) in [5.74, 6) is -2.68. The number of methoxy groups -OCH3 is 1. The van der Waals surface area contributed by atoms with Crippen molar-refractivity contribution in [1.82, 2.24) is 0 Å². The van der Waals surface area contributed by atoms with E-state index in [1.165, 1.54) is 31.4 Å². The number of ether oxygens (including phenoxy) is 2. The predicted molar refractivity (Wildman–Crippen MR) is 83.1 cm³/mol. The standard InChI is InChI=1S/C16H14F4N2O3/c1-24-12-6-5-9(7-13(12)25-16(19)20)21-8-14(23)22-15-10(17)3-2-4-11(15)18/h2-7,16,21H,8H2,1H3,(H,22,23). The molecule has 0 atom stereocenters. The smallest absolute Gasteiger partial charge is 0.387 e. The van der Waals surface area contributed by atoms with Crippen molar-refractivity contribution in [3.05, 3.63) is 48.0 Å². The molecule has 0 aromatic heterocycles. The molecule has 0 unspecified atom stereocenters. The molecule has 0 aliphatic carbocycles. The first kappa shape index (κ1) is 18.4. The molecule has 9 heteroatoms. The van der Waals surface area contributed by atoms with Crippen LogP contribution < -0.4 is 20.1 Å². The minimum absolute atomic E-state index is 0.0868. The van der Waals surface area contributed by atoms with Gasteiger partial charge in [-0.05, 0) is 24.3 Å². The van der Waals surface area contributed by atoms with Crippen molar-refractivity contribution >= 4 is 17.3 Å². The summed E-state index contributed by atoms with van der Waals surface area (Å²) in [6.07, 6.45) is 0. The molecule has 0 spiro atoms. The molecular weight excluding hydrogens is 344 g/mol. The van der Waals surface area contributed by atoms with Crippen molar-refractivity contribution in [2.45, 2.75) is 6.61 Å². The van der Waals surface area contributed by atoms with Gasteiger partial charge in [0.25, 0.3) is 0 Å². The number of hydrogen-bond acceptors (Lipinski definition) is 4. The molecule has 0 radical (unpaired) electrons. The maximum absolute atomic E-state index is 13.5. The van der Waals surface area contributed by atoms with Crippen LogP contribution in [-0.4, -0.2) is 26.2 Å². The van der Waals surface area contributed by atoms with Crippen LogP contribution in [0, 0.1) is 11.6 Å². The Kier molecular flexibility index (Phi) is 6.04. The van der Waals surface area contributed by atoms with Crippen molar-refractivity contribution in [1.29, 1.82) is 0 Å². The maximum atomic E-state index is 13.5. The number of alkyl halides is 2. The van der Waals surface area contributed by atoms with Crippen LogP contribution in [-0.2, 0) is 4.79 Å². The van der Waals surface area contributed by atoms with Gasteiger partial charge in [0, 0.05) is 11.8 Å².